The van der Waals surface area contributed by atoms with Crippen molar-refractivity contribution in [2.45, 2.75) is 51.5 Å². The molecule has 0 bridgehead atoms. The Bertz CT molecular complexity index is 786. The number of hydrogen-bond donors (Lipinski definition) is 1. The first-order valence-electron chi connectivity index (χ1n) is 8.84. The molecule has 1 aliphatic carbocycles. The fraction of sp³-hybridized carbons (Fsp3) is 0.500. The lowest BCUT2D eigenvalue weighted by Gasteiger charge is -2.30. The second-order valence-electron chi connectivity index (χ2n) is 6.91. The summed E-state index contributed by atoms with van der Waals surface area (Å²) in [7, 11) is 0. The zero-order valence-electron chi connectivity index (χ0n) is 14.7. The van der Waals surface area contributed by atoms with Crippen LogP contribution in [-0.4, -0.2) is 23.6 Å². The van der Waals surface area contributed by atoms with Crippen LogP contribution in [-0.2, 0) is 9.59 Å². The Morgan fingerprint density at radius 1 is 1.11 bits per heavy atom. The number of benzene rings is 1. The molecule has 146 valence electrons. The van der Waals surface area contributed by atoms with Gasteiger partial charge in [-0.25, -0.2) is 17.6 Å². The van der Waals surface area contributed by atoms with Gasteiger partial charge in [0.15, 0.2) is 23.3 Å². The molecular formula is C18H19F4N3O2. The number of carbonyl (C=O) groups is 2. The molecule has 1 aliphatic heterocycles. The lowest BCUT2D eigenvalue weighted by molar-refractivity contribution is -0.119. The maximum atomic E-state index is 14.0. The average molecular weight is 385 g/mol. The Morgan fingerprint density at radius 2 is 1.74 bits per heavy atom. The van der Waals surface area contributed by atoms with Crippen LogP contribution in [0.3, 0.4) is 0 Å². The number of halogens is 4. The van der Waals surface area contributed by atoms with E-state index in [4.69, 9.17) is 0 Å². The number of amides is 2. The Hall–Kier alpha value is -2.45. The minimum atomic E-state index is -1.74. The molecule has 0 spiro atoms. The predicted molar refractivity (Wildman–Crippen MR) is 90.0 cm³/mol. The topological polar surface area (TPSA) is 61.8 Å². The lowest BCUT2D eigenvalue weighted by Crippen LogP contribution is -2.46. The molecule has 2 aliphatic rings. The van der Waals surface area contributed by atoms with Crippen LogP contribution in [0.4, 0.5) is 23.2 Å². The molecule has 0 unspecified atom stereocenters. The van der Waals surface area contributed by atoms with Gasteiger partial charge in [-0.2, -0.15) is 10.1 Å². The van der Waals surface area contributed by atoms with Gasteiger partial charge in [-0.05, 0) is 18.8 Å². The van der Waals surface area contributed by atoms with Gasteiger partial charge in [0.2, 0.25) is 5.91 Å². The van der Waals surface area contributed by atoms with E-state index < -0.39 is 40.8 Å². The van der Waals surface area contributed by atoms with Crippen LogP contribution in [0, 0.1) is 29.2 Å². The van der Waals surface area contributed by atoms with Crippen molar-refractivity contribution < 1.29 is 27.2 Å². The van der Waals surface area contributed by atoms with Crippen molar-refractivity contribution in [1.29, 1.82) is 0 Å². The third-order valence-corrected chi connectivity index (χ3v) is 5.02. The van der Waals surface area contributed by atoms with E-state index in [-0.39, 0.29) is 41.6 Å². The van der Waals surface area contributed by atoms with Crippen molar-refractivity contribution in [1.82, 2.24) is 5.32 Å². The van der Waals surface area contributed by atoms with Crippen LogP contribution in [0.5, 0.6) is 0 Å². The number of carbonyl (C=O) groups excluding carboxylic acids is 2. The van der Waals surface area contributed by atoms with Crippen molar-refractivity contribution >= 4 is 23.2 Å². The summed E-state index contributed by atoms with van der Waals surface area (Å²) in [5.41, 5.74) is -1.37. The lowest BCUT2D eigenvalue weighted by atomic mass is 9.86. The van der Waals surface area contributed by atoms with Crippen LogP contribution in [0.25, 0.3) is 0 Å². The smallest absolute Gasteiger partial charge is 0.267 e. The zero-order valence-corrected chi connectivity index (χ0v) is 14.7. The molecule has 3 rings (SSSR count). The zero-order chi connectivity index (χ0) is 19.7. The molecule has 0 aromatic heterocycles. The third kappa shape index (κ3) is 3.81. The van der Waals surface area contributed by atoms with Gasteiger partial charge in [-0.15, -0.1) is 0 Å². The quantitative estimate of drug-likeness (QED) is 0.640. The summed E-state index contributed by atoms with van der Waals surface area (Å²) >= 11 is 0. The van der Waals surface area contributed by atoms with E-state index in [0.717, 1.165) is 25.7 Å². The Labute approximate surface area is 153 Å². The summed E-state index contributed by atoms with van der Waals surface area (Å²) in [5, 5.41) is 6.77. The molecule has 27 heavy (non-hydrogen) atoms. The molecule has 1 heterocycles. The molecule has 1 aromatic rings. The van der Waals surface area contributed by atoms with Crippen LogP contribution in [0.2, 0.25) is 0 Å². The van der Waals surface area contributed by atoms with Crippen LogP contribution in [0.15, 0.2) is 11.2 Å². The SMILES string of the molecule is C[C@H]1CCCC[C@@H]1NC(=O)C1=NN(c2c(F)c(F)cc(F)c2F)C(=O)CC1. The number of hydrazone groups is 1. The highest BCUT2D eigenvalue weighted by molar-refractivity contribution is 6.40. The van der Waals surface area contributed by atoms with E-state index in [0.29, 0.717) is 0 Å². The van der Waals surface area contributed by atoms with E-state index in [1.165, 1.54) is 0 Å². The van der Waals surface area contributed by atoms with Crippen molar-refractivity contribution in [2.75, 3.05) is 5.01 Å². The number of nitrogens with one attached hydrogen (secondary N) is 1. The maximum Gasteiger partial charge on any atom is 0.267 e. The van der Waals surface area contributed by atoms with Gasteiger partial charge in [0, 0.05) is 24.9 Å². The molecule has 2 atom stereocenters. The van der Waals surface area contributed by atoms with E-state index in [1.807, 2.05) is 6.92 Å². The summed E-state index contributed by atoms with van der Waals surface area (Å²) in [5.74, 6) is -7.93. The van der Waals surface area contributed by atoms with Crippen molar-refractivity contribution in [3.8, 4) is 0 Å². The van der Waals surface area contributed by atoms with Gasteiger partial charge in [-0.3, -0.25) is 9.59 Å². The van der Waals surface area contributed by atoms with Gasteiger partial charge >= 0.3 is 0 Å². The summed E-state index contributed by atoms with van der Waals surface area (Å²) in [6.07, 6.45) is 3.56. The molecule has 0 radical (unpaired) electrons. The van der Waals surface area contributed by atoms with Crippen molar-refractivity contribution in [3.05, 3.63) is 29.3 Å². The second-order valence-corrected chi connectivity index (χ2v) is 6.91. The normalized spacial score (nSPS) is 23.2. The number of anilines is 1. The van der Waals surface area contributed by atoms with Gasteiger partial charge in [-0.1, -0.05) is 19.8 Å². The standard InChI is InChI=1S/C18H19F4N3O2/c1-9-4-2-3-5-12(9)23-18(27)13-6-7-14(26)25(24-13)17-15(21)10(19)8-11(20)16(17)22/h8-9,12H,2-7H2,1H3,(H,23,27)/t9-,12-/m0/s1. The summed E-state index contributed by atoms with van der Waals surface area (Å²) in [6.45, 7) is 2.02. The van der Waals surface area contributed by atoms with Gasteiger partial charge < -0.3 is 5.32 Å². The minimum absolute atomic E-state index is 0.0245. The third-order valence-electron chi connectivity index (χ3n) is 5.02. The van der Waals surface area contributed by atoms with Crippen LogP contribution < -0.4 is 10.3 Å². The maximum absolute atomic E-state index is 14.0. The minimum Gasteiger partial charge on any atom is -0.348 e. The van der Waals surface area contributed by atoms with Crippen LogP contribution in [0.1, 0.15) is 45.4 Å². The summed E-state index contributed by atoms with van der Waals surface area (Å²) < 4.78 is 54.9. The second kappa shape index (κ2) is 7.66. The molecule has 1 fully saturated rings. The van der Waals surface area contributed by atoms with E-state index >= 15 is 0 Å². The molecule has 2 amide bonds. The van der Waals surface area contributed by atoms with Crippen molar-refractivity contribution in [2.24, 2.45) is 11.0 Å². The first kappa shape index (κ1) is 19.3. The first-order valence-corrected chi connectivity index (χ1v) is 8.84. The first-order chi connectivity index (χ1) is 12.8. The highest BCUT2D eigenvalue weighted by Crippen LogP contribution is 2.30. The summed E-state index contributed by atoms with van der Waals surface area (Å²) in [6, 6.07) is -0.00943. The number of rotatable bonds is 3. The Kier molecular flexibility index (Phi) is 5.48. The Balaban J connectivity index is 1.89. The average Bonchev–Trinajstić information content (AvgIpc) is 2.63. The van der Waals surface area contributed by atoms with E-state index in [1.54, 1.807) is 0 Å². The Morgan fingerprint density at radius 3 is 2.37 bits per heavy atom. The summed E-state index contributed by atoms with van der Waals surface area (Å²) in [4.78, 5) is 24.5. The van der Waals surface area contributed by atoms with Gasteiger partial charge in [0.1, 0.15) is 11.4 Å². The van der Waals surface area contributed by atoms with E-state index in [9.17, 15) is 27.2 Å². The molecule has 1 N–H and O–H groups in total. The van der Waals surface area contributed by atoms with Crippen LogP contribution >= 0.6 is 0 Å². The monoisotopic (exact) mass is 385 g/mol. The van der Waals surface area contributed by atoms with E-state index in [2.05, 4.69) is 10.4 Å². The van der Waals surface area contributed by atoms with Crippen molar-refractivity contribution in [3.63, 3.8) is 0 Å². The molecule has 0 saturated heterocycles. The fourth-order valence-electron chi connectivity index (χ4n) is 3.42. The fourth-order valence-corrected chi connectivity index (χ4v) is 3.42. The number of nitrogens with zero attached hydrogens (tertiary/aromatic N) is 2. The van der Waals surface area contributed by atoms with Gasteiger partial charge in [0.25, 0.3) is 5.91 Å². The van der Waals surface area contributed by atoms with Gasteiger partial charge in [0.05, 0.1) is 0 Å². The highest BCUT2D eigenvalue weighted by Gasteiger charge is 2.33. The molecule has 9 heteroatoms. The molecular weight excluding hydrogens is 366 g/mol. The molecule has 1 saturated carbocycles. The largest absolute Gasteiger partial charge is 0.348 e. The predicted octanol–water partition coefficient (Wildman–Crippen LogP) is 3.42. The number of hydrogen-bond acceptors (Lipinski definition) is 3. The molecule has 5 nitrogen and oxygen atoms in total. The molecule has 1 aromatic carbocycles. The highest BCUT2D eigenvalue weighted by atomic mass is 19.2.